The van der Waals surface area contributed by atoms with Crippen molar-refractivity contribution in [2.24, 2.45) is 0 Å². The van der Waals surface area contributed by atoms with Crippen LogP contribution in [0.4, 0.5) is 0 Å². The van der Waals surface area contributed by atoms with E-state index in [0.29, 0.717) is 0 Å². The van der Waals surface area contributed by atoms with Gasteiger partial charge in [0, 0.05) is 21.5 Å². The smallest absolute Gasteiger partial charge is 0.0134 e. The van der Waals surface area contributed by atoms with Gasteiger partial charge in [-0.15, -0.1) is 17.5 Å². The Labute approximate surface area is 490 Å². The minimum atomic E-state index is -1.40. The summed E-state index contributed by atoms with van der Waals surface area (Å²) in [5.74, 6) is 3.19. The van der Waals surface area contributed by atoms with E-state index in [2.05, 4.69) is 283 Å². The number of hydrogen-bond donors (Lipinski definition) is 0. The van der Waals surface area contributed by atoms with Crippen molar-refractivity contribution in [1.82, 2.24) is 9.97 Å². The fourth-order valence-electron chi connectivity index (χ4n) is 6.57. The molecule has 0 aliphatic carbocycles. The van der Waals surface area contributed by atoms with E-state index in [1.54, 1.807) is 12.4 Å². The summed E-state index contributed by atoms with van der Waals surface area (Å²) in [6, 6.07) is 76.8. The predicted octanol–water partition coefficient (Wildman–Crippen LogP) is 15.4. The Bertz CT molecular complexity index is 2810. The minimum Gasteiger partial charge on any atom is -0.0622 e. The molecule has 0 bridgehead atoms. The van der Waals surface area contributed by atoms with E-state index in [1.807, 2.05) is 52.0 Å². The molecule has 0 atom stereocenters. The number of benzene rings is 6. The molecule has 76 heavy (non-hydrogen) atoms. The summed E-state index contributed by atoms with van der Waals surface area (Å²) in [4.78, 5) is 8.50. The molecule has 0 saturated carbocycles. The van der Waals surface area contributed by atoms with Gasteiger partial charge in [-0.05, 0) is 122 Å². The Kier molecular flexibility index (Phi) is 29.2. The standard InChI is InChI=1S/2C18H15P.C14H18N2Si.C9H9IN2.C5H10Si.2ClH.Pd/c2*1-4-10-16(11-5-1)19(17-12-6-2-7-13-17)18-14-8-3-9-15-18;1-14(2,11-15)13-12(7-6-9-16-13)8-10-17(3,4)5;1-9(2,6-11)8-7(10)4-3-5-12-8;1-5-6(2,3)4;;;/h2*1-15H;6-7,9H,1-5H3;3-5H,1-2H3;1H,2-4H3;2*1H;/q;;;;;;;+2/p-2. The number of rotatable bonds is 8. The van der Waals surface area contributed by atoms with Crippen molar-refractivity contribution in [3.05, 3.63) is 239 Å². The maximum atomic E-state index is 9.17. The molecule has 0 saturated heterocycles. The van der Waals surface area contributed by atoms with Crippen molar-refractivity contribution in [1.29, 1.82) is 10.5 Å². The molecule has 0 aliphatic heterocycles. The summed E-state index contributed by atoms with van der Waals surface area (Å²) in [5.41, 5.74) is 7.48. The van der Waals surface area contributed by atoms with Crippen LogP contribution in [0, 0.1) is 49.7 Å². The molecule has 2 aromatic heterocycles. The number of pyridine rings is 2. The normalized spacial score (nSPS) is 10.6. The second kappa shape index (κ2) is 34.0. The van der Waals surface area contributed by atoms with Gasteiger partial charge in [0.05, 0.1) is 34.4 Å². The number of aromatic nitrogens is 2. The topological polar surface area (TPSA) is 73.4 Å². The van der Waals surface area contributed by atoms with E-state index >= 15 is 0 Å². The molecule has 6 aromatic carbocycles. The molecule has 4 nitrogen and oxygen atoms in total. The zero-order valence-corrected chi connectivity index (χ0v) is 54.0. The Morgan fingerprint density at radius 1 is 0.461 bits per heavy atom. The maximum absolute atomic E-state index is 9.17. The SMILES string of the molecule is C#C[Si](C)(C)C.CC(C)(C#N)c1ncccc1C#C[Si](C)(C)C.CC(C)(C#N)c1ncccc1I.[Cl][Pd][Cl].c1ccc(P(c2ccccc2)c2ccccc2)cc1.c1ccc(P(c2ccccc2)c2ccccc2)cc1. The van der Waals surface area contributed by atoms with E-state index in [0.717, 1.165) is 20.5 Å². The van der Waals surface area contributed by atoms with E-state index in [9.17, 15) is 5.26 Å². The first kappa shape index (κ1) is 65.3. The number of nitrogens with zero attached hydrogens (tertiary/aromatic N) is 4. The molecule has 0 spiro atoms. The van der Waals surface area contributed by atoms with E-state index in [-0.39, 0.29) is 15.9 Å². The van der Waals surface area contributed by atoms with Gasteiger partial charge < -0.3 is 0 Å². The van der Waals surface area contributed by atoms with Crippen molar-refractivity contribution in [3.8, 4) is 35.6 Å². The van der Waals surface area contributed by atoms with E-state index < -0.39 is 42.8 Å². The van der Waals surface area contributed by atoms with Crippen LogP contribution in [0.25, 0.3) is 0 Å². The quantitative estimate of drug-likeness (QED) is 0.0658. The van der Waals surface area contributed by atoms with Gasteiger partial charge in [-0.1, -0.05) is 227 Å². The molecule has 8 aromatic rings. The van der Waals surface area contributed by atoms with Gasteiger partial charge in [0.15, 0.2) is 0 Å². The first-order valence-electron chi connectivity index (χ1n) is 24.3. The van der Waals surface area contributed by atoms with Crippen LogP contribution >= 0.6 is 57.5 Å². The van der Waals surface area contributed by atoms with Crippen LogP contribution in [-0.2, 0) is 26.8 Å². The third kappa shape index (κ3) is 23.7. The van der Waals surface area contributed by atoms with Gasteiger partial charge in [-0.25, -0.2) is 0 Å². The summed E-state index contributed by atoms with van der Waals surface area (Å²) in [5, 5.41) is 26.4. The zero-order valence-electron chi connectivity index (χ0n) is 45.0. The summed E-state index contributed by atoms with van der Waals surface area (Å²) >= 11 is 2.09. The van der Waals surface area contributed by atoms with Crippen LogP contribution in [0.15, 0.2) is 219 Å². The summed E-state index contributed by atoms with van der Waals surface area (Å²) < 4.78 is 1.04. The van der Waals surface area contributed by atoms with Crippen LogP contribution < -0.4 is 31.8 Å². The van der Waals surface area contributed by atoms with Gasteiger partial charge >= 0.3 is 35.0 Å². The van der Waals surface area contributed by atoms with Crippen LogP contribution in [0.1, 0.15) is 44.6 Å². The third-order valence-corrected chi connectivity index (χ3v) is 17.9. The molecule has 0 unspecified atom stereocenters. The predicted molar refractivity (Wildman–Crippen MR) is 343 cm³/mol. The number of nitriles is 2. The molecule has 2 heterocycles. The Morgan fingerprint density at radius 3 is 0.974 bits per heavy atom. The second-order valence-electron chi connectivity index (χ2n) is 19.8. The molecule has 0 aliphatic rings. The average Bonchev–Trinajstić information content (AvgIpc) is 3.43. The van der Waals surface area contributed by atoms with Gasteiger partial charge in [-0.3, -0.25) is 9.97 Å². The molecule has 12 heteroatoms. The molecule has 0 fully saturated rings. The van der Waals surface area contributed by atoms with Crippen molar-refractivity contribution >= 4 is 105 Å². The molecule has 0 N–H and O–H groups in total. The van der Waals surface area contributed by atoms with Crippen molar-refractivity contribution < 1.29 is 15.9 Å². The van der Waals surface area contributed by atoms with E-state index in [1.165, 1.54) is 31.8 Å². The number of terminal acetylenes is 1. The van der Waals surface area contributed by atoms with Crippen LogP contribution in [0.5, 0.6) is 0 Å². The van der Waals surface area contributed by atoms with Gasteiger partial charge in [0.2, 0.25) is 0 Å². The molecule has 0 amide bonds. The first-order chi connectivity index (χ1) is 36.2. The number of hydrogen-bond acceptors (Lipinski definition) is 4. The Balaban J connectivity index is 0.000000256. The molecule has 8 rings (SSSR count). The van der Waals surface area contributed by atoms with Crippen molar-refractivity contribution in [2.75, 3.05) is 0 Å². The van der Waals surface area contributed by atoms with Crippen molar-refractivity contribution in [2.45, 2.75) is 77.8 Å². The Hall–Kier alpha value is -5.01. The van der Waals surface area contributed by atoms with Gasteiger partial charge in [-0.2, -0.15) is 10.5 Å². The number of halogens is 3. The van der Waals surface area contributed by atoms with Gasteiger partial charge in [0.1, 0.15) is 16.1 Å². The third-order valence-electron chi connectivity index (χ3n) is 10.4. The fourth-order valence-corrected chi connectivity index (χ4v) is 12.7. The Morgan fingerprint density at radius 2 is 0.724 bits per heavy atom. The maximum Gasteiger partial charge on any atom is -0.0134 e. The zero-order chi connectivity index (χ0) is 56.0. The minimum absolute atomic E-state index is 0.106. The molecular formula is C64H67Cl2IN4P2PdSi2. The average molecular weight is 1310 g/mol. The summed E-state index contributed by atoms with van der Waals surface area (Å²) in [6.07, 6.45) is 8.55. The molecular weight excluding hydrogens is 1250 g/mol. The summed E-state index contributed by atoms with van der Waals surface area (Å²) in [6.45, 7) is 20.5. The van der Waals surface area contributed by atoms with Crippen LogP contribution in [-0.4, -0.2) is 26.1 Å². The fraction of sp³-hybridized carbons (Fsp3) is 0.188. The largest absolute Gasteiger partial charge is 0.0622 e. The van der Waals surface area contributed by atoms with Crippen LogP contribution in [0.2, 0.25) is 39.3 Å². The first-order valence-corrected chi connectivity index (χ1v) is 39.1. The van der Waals surface area contributed by atoms with Crippen LogP contribution in [0.3, 0.4) is 0 Å². The van der Waals surface area contributed by atoms with Gasteiger partial charge in [0.25, 0.3) is 0 Å². The molecule has 0 radical (unpaired) electrons. The molecule has 392 valence electrons. The monoisotopic (exact) mass is 1310 g/mol. The van der Waals surface area contributed by atoms with E-state index in [4.69, 9.17) is 30.7 Å². The second-order valence-corrected chi connectivity index (χ2v) is 37.3. The van der Waals surface area contributed by atoms with Crippen molar-refractivity contribution in [3.63, 3.8) is 0 Å². The summed E-state index contributed by atoms with van der Waals surface area (Å²) in [7, 11) is 6.23.